The third-order valence-electron chi connectivity index (χ3n) is 3.43. The van der Waals surface area contributed by atoms with E-state index in [0.717, 1.165) is 6.42 Å². The molecule has 0 atom stereocenters. The number of halogens is 3. The van der Waals surface area contributed by atoms with E-state index in [1.54, 1.807) is 7.05 Å². The molecule has 0 saturated carbocycles. The molecule has 0 aliphatic carbocycles. The Morgan fingerprint density at radius 3 is 2.09 bits per heavy atom. The van der Waals surface area contributed by atoms with E-state index in [-0.39, 0.29) is 6.54 Å². The average molecular weight is 315 g/mol. The molecule has 2 N–H and O–H groups in total. The summed E-state index contributed by atoms with van der Waals surface area (Å²) < 4.78 is 36.3. The first-order valence-corrected chi connectivity index (χ1v) is 7.31. The Morgan fingerprint density at radius 1 is 1.05 bits per heavy atom. The van der Waals surface area contributed by atoms with Gasteiger partial charge in [-0.05, 0) is 43.9 Å². The first-order valence-electron chi connectivity index (χ1n) is 7.31. The van der Waals surface area contributed by atoms with Crippen LogP contribution >= 0.6 is 0 Å². The number of hydrogen-bond acceptors (Lipinski definition) is 1. The van der Waals surface area contributed by atoms with Crippen LogP contribution in [0.2, 0.25) is 0 Å². The van der Waals surface area contributed by atoms with Crippen LogP contribution in [0.3, 0.4) is 0 Å². The molecule has 1 rings (SSSR count). The lowest BCUT2D eigenvalue weighted by Gasteiger charge is -2.15. The van der Waals surface area contributed by atoms with E-state index in [9.17, 15) is 13.2 Å². The molecular weight excluding hydrogens is 291 g/mol. The lowest BCUT2D eigenvalue weighted by atomic mass is 9.97. The van der Waals surface area contributed by atoms with Crippen LogP contribution in [-0.4, -0.2) is 32.3 Å². The van der Waals surface area contributed by atoms with Crippen LogP contribution in [0.5, 0.6) is 0 Å². The van der Waals surface area contributed by atoms with Gasteiger partial charge in [0.25, 0.3) is 0 Å². The number of aryl methyl sites for hydroxylation is 3. The summed E-state index contributed by atoms with van der Waals surface area (Å²) in [5.74, 6) is 0.395. The second-order valence-electron chi connectivity index (χ2n) is 5.42. The molecule has 0 aromatic heterocycles. The fourth-order valence-electron chi connectivity index (χ4n) is 2.45. The molecule has 0 heterocycles. The molecule has 0 radical (unpaired) electrons. The summed E-state index contributed by atoms with van der Waals surface area (Å²) in [5.41, 5.74) is 4.97. The Labute approximate surface area is 130 Å². The van der Waals surface area contributed by atoms with Gasteiger partial charge in [0.1, 0.15) is 0 Å². The highest BCUT2D eigenvalue weighted by molar-refractivity contribution is 5.79. The van der Waals surface area contributed by atoms with Crippen molar-refractivity contribution in [3.8, 4) is 0 Å². The number of aliphatic imine (C=N–C) groups is 1. The molecule has 0 aliphatic heterocycles. The van der Waals surface area contributed by atoms with Crippen molar-refractivity contribution in [3.05, 3.63) is 34.4 Å². The normalized spacial score (nSPS) is 12.4. The molecule has 0 saturated heterocycles. The van der Waals surface area contributed by atoms with Gasteiger partial charge in [0.05, 0.1) is 6.42 Å². The number of nitrogens with zero attached hydrogens (tertiary/aromatic N) is 1. The molecular formula is C16H24F3N3. The van der Waals surface area contributed by atoms with Crippen LogP contribution in [-0.2, 0) is 6.42 Å². The predicted octanol–water partition coefficient (Wildman–Crippen LogP) is 3.27. The van der Waals surface area contributed by atoms with Crippen LogP contribution in [0.15, 0.2) is 17.1 Å². The van der Waals surface area contributed by atoms with Crippen molar-refractivity contribution < 1.29 is 13.2 Å². The molecule has 1 aromatic carbocycles. The van der Waals surface area contributed by atoms with Gasteiger partial charge in [-0.15, -0.1) is 0 Å². The number of guanidine groups is 1. The smallest absolute Gasteiger partial charge is 0.356 e. The van der Waals surface area contributed by atoms with Crippen LogP contribution in [0.4, 0.5) is 13.2 Å². The van der Waals surface area contributed by atoms with Gasteiger partial charge in [0.15, 0.2) is 5.96 Å². The highest BCUT2D eigenvalue weighted by atomic mass is 19.4. The van der Waals surface area contributed by atoms with E-state index in [4.69, 9.17) is 0 Å². The van der Waals surface area contributed by atoms with Crippen molar-refractivity contribution in [2.75, 3.05) is 20.1 Å². The molecule has 0 aliphatic rings. The maximum absolute atomic E-state index is 12.1. The second-order valence-corrected chi connectivity index (χ2v) is 5.42. The number of benzene rings is 1. The molecule has 0 unspecified atom stereocenters. The van der Waals surface area contributed by atoms with Crippen molar-refractivity contribution in [3.63, 3.8) is 0 Å². The Morgan fingerprint density at radius 2 is 1.59 bits per heavy atom. The molecule has 6 heteroatoms. The maximum atomic E-state index is 12.1. The van der Waals surface area contributed by atoms with Crippen molar-refractivity contribution >= 4 is 5.96 Å². The summed E-state index contributed by atoms with van der Waals surface area (Å²) in [7, 11) is 1.55. The van der Waals surface area contributed by atoms with Crippen LogP contribution in [0.1, 0.15) is 28.7 Å². The zero-order valence-electron chi connectivity index (χ0n) is 13.6. The van der Waals surface area contributed by atoms with Gasteiger partial charge >= 0.3 is 6.18 Å². The van der Waals surface area contributed by atoms with Crippen molar-refractivity contribution in [2.24, 2.45) is 4.99 Å². The van der Waals surface area contributed by atoms with Crippen molar-refractivity contribution in [1.82, 2.24) is 10.6 Å². The minimum atomic E-state index is -4.15. The van der Waals surface area contributed by atoms with Gasteiger partial charge in [-0.25, -0.2) is 0 Å². The van der Waals surface area contributed by atoms with Crippen LogP contribution < -0.4 is 10.6 Å². The largest absolute Gasteiger partial charge is 0.390 e. The second kappa shape index (κ2) is 8.06. The van der Waals surface area contributed by atoms with E-state index >= 15 is 0 Å². The molecule has 124 valence electrons. The molecule has 3 nitrogen and oxygen atoms in total. The monoisotopic (exact) mass is 315 g/mol. The third-order valence-corrected chi connectivity index (χ3v) is 3.43. The molecule has 1 aromatic rings. The molecule has 0 spiro atoms. The van der Waals surface area contributed by atoms with E-state index < -0.39 is 12.6 Å². The van der Waals surface area contributed by atoms with Crippen LogP contribution in [0.25, 0.3) is 0 Å². The summed E-state index contributed by atoms with van der Waals surface area (Å²) in [6.07, 6.45) is -4.22. The Bertz CT molecular complexity index is 499. The average Bonchev–Trinajstić information content (AvgIpc) is 2.38. The number of rotatable bonds is 5. The fraction of sp³-hybridized carbons (Fsp3) is 0.562. The van der Waals surface area contributed by atoms with Crippen molar-refractivity contribution in [2.45, 2.75) is 39.8 Å². The highest BCUT2D eigenvalue weighted by Gasteiger charge is 2.26. The van der Waals surface area contributed by atoms with E-state index in [2.05, 4.69) is 48.5 Å². The summed E-state index contributed by atoms with van der Waals surface area (Å²) in [6, 6.07) is 4.28. The van der Waals surface area contributed by atoms with Gasteiger partial charge in [-0.1, -0.05) is 17.7 Å². The Kier molecular flexibility index (Phi) is 6.71. The van der Waals surface area contributed by atoms with E-state index in [1.165, 1.54) is 22.3 Å². The third kappa shape index (κ3) is 6.37. The van der Waals surface area contributed by atoms with E-state index in [0.29, 0.717) is 12.5 Å². The zero-order valence-corrected chi connectivity index (χ0v) is 13.6. The molecule has 0 fully saturated rings. The van der Waals surface area contributed by atoms with Gasteiger partial charge in [0, 0.05) is 20.1 Å². The first kappa shape index (κ1) is 18.3. The lowest BCUT2D eigenvalue weighted by Crippen LogP contribution is -2.39. The summed E-state index contributed by atoms with van der Waals surface area (Å²) in [4.78, 5) is 3.92. The minimum absolute atomic E-state index is 0.175. The Hall–Kier alpha value is -1.72. The fourth-order valence-corrected chi connectivity index (χ4v) is 2.45. The van der Waals surface area contributed by atoms with Crippen LogP contribution in [0, 0.1) is 20.8 Å². The van der Waals surface area contributed by atoms with Crippen molar-refractivity contribution in [1.29, 1.82) is 0 Å². The summed E-state index contributed by atoms with van der Waals surface area (Å²) >= 11 is 0. The molecule has 0 bridgehead atoms. The number of nitrogens with one attached hydrogen (secondary N) is 2. The highest BCUT2D eigenvalue weighted by Crippen LogP contribution is 2.18. The van der Waals surface area contributed by atoms with Gasteiger partial charge in [0.2, 0.25) is 0 Å². The minimum Gasteiger partial charge on any atom is -0.356 e. The van der Waals surface area contributed by atoms with Gasteiger partial charge < -0.3 is 10.6 Å². The summed E-state index contributed by atoms with van der Waals surface area (Å²) in [5, 5.41) is 5.71. The topological polar surface area (TPSA) is 36.4 Å². The van der Waals surface area contributed by atoms with E-state index in [1.807, 2.05) is 0 Å². The van der Waals surface area contributed by atoms with Gasteiger partial charge in [-0.3, -0.25) is 4.99 Å². The standard InChI is InChI=1S/C16H24F3N3/c1-11-9-12(2)14(13(3)10-11)5-7-21-15(20-4)22-8-6-16(17,18)19/h9-10H,5-8H2,1-4H3,(H2,20,21,22). The SMILES string of the molecule is CN=C(NCCc1c(C)cc(C)cc1C)NCCC(F)(F)F. The maximum Gasteiger partial charge on any atom is 0.390 e. The molecule has 0 amide bonds. The quantitative estimate of drug-likeness (QED) is 0.646. The summed E-state index contributed by atoms with van der Waals surface area (Å²) in [6.45, 7) is 6.66. The predicted molar refractivity (Wildman–Crippen MR) is 84.4 cm³/mol. The number of hydrogen-bond donors (Lipinski definition) is 2. The number of alkyl halides is 3. The molecule has 22 heavy (non-hydrogen) atoms. The zero-order chi connectivity index (χ0) is 16.8. The van der Waals surface area contributed by atoms with Gasteiger partial charge in [-0.2, -0.15) is 13.2 Å². The first-order chi connectivity index (χ1) is 10.2. The Balaban J connectivity index is 2.45. The lowest BCUT2D eigenvalue weighted by molar-refractivity contribution is -0.132.